The van der Waals surface area contributed by atoms with E-state index < -0.39 is 5.91 Å². The topological polar surface area (TPSA) is 105 Å². The van der Waals surface area contributed by atoms with Crippen molar-refractivity contribution in [2.24, 2.45) is 5.73 Å². The van der Waals surface area contributed by atoms with Crippen LogP contribution < -0.4 is 5.73 Å². The number of hydrogen-bond donors (Lipinski definition) is 3. The van der Waals surface area contributed by atoms with Crippen molar-refractivity contribution in [2.75, 3.05) is 0 Å². The monoisotopic (exact) mass is 356 g/mol. The Hall–Kier alpha value is -3.93. The zero-order valence-corrected chi connectivity index (χ0v) is 14.3. The van der Waals surface area contributed by atoms with E-state index in [9.17, 15) is 9.90 Å². The van der Waals surface area contributed by atoms with Crippen LogP contribution in [0.3, 0.4) is 0 Å². The number of benzene rings is 2. The first-order chi connectivity index (χ1) is 13.1. The van der Waals surface area contributed by atoms with Crippen molar-refractivity contribution in [3.05, 3.63) is 77.5 Å². The van der Waals surface area contributed by atoms with Crippen molar-refractivity contribution in [3.8, 4) is 17.0 Å². The van der Waals surface area contributed by atoms with E-state index in [1.54, 1.807) is 30.3 Å². The van der Waals surface area contributed by atoms with E-state index >= 15 is 0 Å². The third-order valence-corrected chi connectivity index (χ3v) is 4.22. The number of hydrogen-bond acceptors (Lipinski definition) is 4. The molecule has 0 saturated heterocycles. The highest BCUT2D eigenvalue weighted by molar-refractivity contribution is 6.08. The minimum absolute atomic E-state index is 0.156. The van der Waals surface area contributed by atoms with Gasteiger partial charge in [0.05, 0.1) is 22.3 Å². The van der Waals surface area contributed by atoms with Gasteiger partial charge < -0.3 is 10.8 Å². The Bertz CT molecular complexity index is 1150. The zero-order chi connectivity index (χ0) is 18.8. The van der Waals surface area contributed by atoms with Gasteiger partial charge in [0, 0.05) is 5.56 Å². The molecule has 27 heavy (non-hydrogen) atoms. The van der Waals surface area contributed by atoms with Crippen LogP contribution in [0.15, 0.2) is 60.7 Å². The number of fused-ring (bicyclic) bond motifs is 1. The number of aromatic hydroxyl groups is 1. The fourth-order valence-corrected chi connectivity index (χ4v) is 2.89. The van der Waals surface area contributed by atoms with E-state index in [1.807, 2.05) is 42.5 Å². The molecule has 2 aromatic heterocycles. The van der Waals surface area contributed by atoms with Gasteiger partial charge in [0.15, 0.2) is 5.65 Å². The van der Waals surface area contributed by atoms with E-state index in [0.717, 1.165) is 11.1 Å². The number of carbonyl (C=O) groups is 1. The van der Waals surface area contributed by atoms with Gasteiger partial charge in [-0.3, -0.25) is 9.89 Å². The highest BCUT2D eigenvalue weighted by Gasteiger charge is 2.16. The van der Waals surface area contributed by atoms with Crippen LogP contribution in [0.25, 0.3) is 34.4 Å². The SMILES string of the molecule is NC(=O)c1cc(-c2ccc(O)cc2)nc2n[nH]c(/C=C/c3ccccc3)c12. The summed E-state index contributed by atoms with van der Waals surface area (Å²) in [5.41, 5.74) is 9.35. The molecule has 0 atom stereocenters. The van der Waals surface area contributed by atoms with Crippen molar-refractivity contribution in [1.82, 2.24) is 15.2 Å². The summed E-state index contributed by atoms with van der Waals surface area (Å²) in [5, 5.41) is 17.2. The minimum atomic E-state index is -0.557. The number of H-pyrrole nitrogens is 1. The highest BCUT2D eigenvalue weighted by atomic mass is 16.3. The third-order valence-electron chi connectivity index (χ3n) is 4.22. The Labute approximate surface area is 155 Å². The Morgan fingerprint density at radius 2 is 1.78 bits per heavy atom. The zero-order valence-electron chi connectivity index (χ0n) is 14.3. The van der Waals surface area contributed by atoms with Crippen LogP contribution in [0.4, 0.5) is 0 Å². The standard InChI is InChI=1S/C21H16N4O2/c22-20(27)16-12-18(14-7-9-15(26)10-8-14)23-21-19(16)17(24-25-21)11-6-13-4-2-1-3-5-13/h1-12,26H,(H2,22,27)(H,23,24,25)/b11-6+. The number of rotatable bonds is 4. The lowest BCUT2D eigenvalue weighted by atomic mass is 10.0. The van der Waals surface area contributed by atoms with Crippen LogP contribution in [0.2, 0.25) is 0 Å². The van der Waals surface area contributed by atoms with Crippen LogP contribution in [-0.2, 0) is 0 Å². The molecule has 2 heterocycles. The molecule has 4 aromatic rings. The molecule has 2 aromatic carbocycles. The molecular formula is C21H16N4O2. The molecule has 0 aliphatic carbocycles. The molecule has 6 heteroatoms. The second-order valence-electron chi connectivity index (χ2n) is 6.05. The van der Waals surface area contributed by atoms with Crippen molar-refractivity contribution in [3.63, 3.8) is 0 Å². The lowest BCUT2D eigenvalue weighted by molar-refractivity contribution is 0.100. The fourth-order valence-electron chi connectivity index (χ4n) is 2.89. The van der Waals surface area contributed by atoms with Crippen LogP contribution in [0.1, 0.15) is 21.6 Å². The van der Waals surface area contributed by atoms with Gasteiger partial charge >= 0.3 is 0 Å². The number of aromatic nitrogens is 3. The largest absolute Gasteiger partial charge is 0.508 e. The molecule has 0 fully saturated rings. The predicted octanol–water partition coefficient (Wildman–Crippen LogP) is 3.60. The Morgan fingerprint density at radius 3 is 2.48 bits per heavy atom. The number of carbonyl (C=O) groups excluding carboxylic acids is 1. The number of phenolic OH excluding ortho intramolecular Hbond substituents is 1. The van der Waals surface area contributed by atoms with Crippen LogP contribution in [-0.4, -0.2) is 26.2 Å². The van der Waals surface area contributed by atoms with Crippen molar-refractivity contribution >= 4 is 29.1 Å². The van der Waals surface area contributed by atoms with Gasteiger partial charge in [-0.05, 0) is 42.0 Å². The number of nitrogens with one attached hydrogen (secondary N) is 1. The quantitative estimate of drug-likeness (QED) is 0.519. The second kappa shape index (κ2) is 6.76. The summed E-state index contributed by atoms with van der Waals surface area (Å²) in [7, 11) is 0. The summed E-state index contributed by atoms with van der Waals surface area (Å²) in [5.74, 6) is -0.402. The maximum absolute atomic E-state index is 12.1. The van der Waals surface area contributed by atoms with Crippen molar-refractivity contribution in [2.45, 2.75) is 0 Å². The van der Waals surface area contributed by atoms with Crippen LogP contribution >= 0.6 is 0 Å². The van der Waals surface area contributed by atoms with E-state index in [-0.39, 0.29) is 5.75 Å². The van der Waals surface area contributed by atoms with Gasteiger partial charge in [0.1, 0.15) is 5.75 Å². The number of primary amides is 1. The predicted molar refractivity (Wildman–Crippen MR) is 105 cm³/mol. The van der Waals surface area contributed by atoms with Gasteiger partial charge in [-0.2, -0.15) is 5.10 Å². The molecule has 0 bridgehead atoms. The van der Waals surface area contributed by atoms with Crippen molar-refractivity contribution in [1.29, 1.82) is 0 Å². The summed E-state index contributed by atoms with van der Waals surface area (Å²) in [4.78, 5) is 16.6. The Morgan fingerprint density at radius 1 is 1.04 bits per heavy atom. The van der Waals surface area contributed by atoms with Gasteiger partial charge in [-0.15, -0.1) is 0 Å². The molecule has 0 radical (unpaired) electrons. The molecule has 4 rings (SSSR count). The van der Waals surface area contributed by atoms with E-state index in [2.05, 4.69) is 15.2 Å². The van der Waals surface area contributed by atoms with E-state index in [1.165, 1.54) is 0 Å². The average molecular weight is 356 g/mol. The normalized spacial score (nSPS) is 11.3. The molecule has 0 unspecified atom stereocenters. The summed E-state index contributed by atoms with van der Waals surface area (Å²) in [6.07, 6.45) is 3.77. The molecule has 0 aliphatic rings. The number of pyridine rings is 1. The summed E-state index contributed by atoms with van der Waals surface area (Å²) in [6.45, 7) is 0. The van der Waals surface area contributed by atoms with Gasteiger partial charge in [0.25, 0.3) is 0 Å². The number of aromatic amines is 1. The van der Waals surface area contributed by atoms with Crippen LogP contribution in [0, 0.1) is 0 Å². The summed E-state index contributed by atoms with van der Waals surface area (Å²) < 4.78 is 0. The lowest BCUT2D eigenvalue weighted by Gasteiger charge is -2.05. The minimum Gasteiger partial charge on any atom is -0.508 e. The van der Waals surface area contributed by atoms with Gasteiger partial charge in [-0.1, -0.05) is 36.4 Å². The molecule has 4 N–H and O–H groups in total. The molecule has 0 spiro atoms. The van der Waals surface area contributed by atoms with Gasteiger partial charge in [0.2, 0.25) is 5.91 Å². The van der Waals surface area contributed by atoms with Gasteiger partial charge in [-0.25, -0.2) is 4.98 Å². The molecule has 132 valence electrons. The number of phenols is 1. The Kier molecular flexibility index (Phi) is 4.14. The number of nitrogens with two attached hydrogens (primary N) is 1. The van der Waals surface area contributed by atoms with Crippen LogP contribution in [0.5, 0.6) is 5.75 Å². The average Bonchev–Trinajstić information content (AvgIpc) is 3.10. The molecular weight excluding hydrogens is 340 g/mol. The molecule has 1 amide bonds. The maximum Gasteiger partial charge on any atom is 0.249 e. The molecule has 0 aliphatic heterocycles. The summed E-state index contributed by atoms with van der Waals surface area (Å²) >= 11 is 0. The van der Waals surface area contributed by atoms with Crippen molar-refractivity contribution < 1.29 is 9.90 Å². The highest BCUT2D eigenvalue weighted by Crippen LogP contribution is 2.27. The number of amides is 1. The maximum atomic E-state index is 12.1. The third kappa shape index (κ3) is 3.28. The van der Waals surface area contributed by atoms with E-state index in [4.69, 9.17) is 5.73 Å². The smallest absolute Gasteiger partial charge is 0.249 e. The first-order valence-corrected chi connectivity index (χ1v) is 8.33. The first-order valence-electron chi connectivity index (χ1n) is 8.33. The fraction of sp³-hybridized carbons (Fsp3) is 0. The first kappa shape index (κ1) is 16.5. The molecule has 0 saturated carbocycles. The number of nitrogens with zero attached hydrogens (tertiary/aromatic N) is 2. The van der Waals surface area contributed by atoms with E-state index in [0.29, 0.717) is 28.0 Å². The molecule has 6 nitrogen and oxygen atoms in total. The summed E-state index contributed by atoms with van der Waals surface area (Å²) in [6, 6.07) is 18.0. The second-order valence-corrected chi connectivity index (χ2v) is 6.05. The Balaban J connectivity index is 1.83. The lowest BCUT2D eigenvalue weighted by Crippen LogP contribution is -2.12.